The van der Waals surface area contributed by atoms with Crippen LogP contribution in [0.4, 0.5) is 0 Å². The van der Waals surface area contributed by atoms with Crippen LogP contribution in [0.25, 0.3) is 0 Å². The van der Waals surface area contributed by atoms with Crippen LogP contribution in [0.5, 0.6) is 0 Å². The second-order valence-electron chi connectivity index (χ2n) is 6.09. The molecule has 1 N–H and O–H groups in total. The van der Waals surface area contributed by atoms with Gasteiger partial charge in [-0.3, -0.25) is 4.79 Å². The summed E-state index contributed by atoms with van der Waals surface area (Å²) in [7, 11) is 0. The molecule has 0 atom stereocenters. The number of hydrogen-bond acceptors (Lipinski definition) is 1. The van der Waals surface area contributed by atoms with Crippen LogP contribution in [0.2, 0.25) is 0 Å². The molecular weight excluding hydrogens is 381 g/mol. The molecule has 0 spiro atoms. The van der Waals surface area contributed by atoms with Crippen molar-refractivity contribution in [1.82, 2.24) is 0 Å². The van der Waals surface area contributed by atoms with E-state index in [2.05, 4.69) is 6.92 Å². The first-order chi connectivity index (χ1) is 9.77. The predicted octanol–water partition coefficient (Wildman–Crippen LogP) is 5.95. The Morgan fingerprint density at radius 3 is 1.19 bits per heavy atom. The van der Waals surface area contributed by atoms with Gasteiger partial charge in [0.15, 0.2) is 0 Å². The number of hydrogen-bond donors (Lipinski definition) is 1. The molecule has 0 aliphatic rings. The van der Waals surface area contributed by atoms with Crippen molar-refractivity contribution in [3.63, 3.8) is 0 Å². The monoisotopic (exact) mass is 417 g/mol. The van der Waals surface area contributed by atoms with Crippen LogP contribution in [0, 0.1) is 0 Å². The number of carboxylic acid groups (broad SMARTS) is 1. The molecule has 0 saturated carbocycles. The van der Waals surface area contributed by atoms with Gasteiger partial charge in [-0.15, -0.1) is 0 Å². The molecule has 0 aromatic heterocycles. The Balaban J connectivity index is 0. The Hall–Kier alpha value is 1.52. The van der Waals surface area contributed by atoms with Crippen LogP contribution in [0.3, 0.4) is 0 Å². The summed E-state index contributed by atoms with van der Waals surface area (Å²) in [5.41, 5.74) is 0. The molecule has 0 aromatic carbocycles. The summed E-state index contributed by atoms with van der Waals surface area (Å²) in [6.45, 7) is 2.27. The molecule has 0 unspecified atom stereocenters. The second-order valence-corrected chi connectivity index (χ2v) is 6.09. The maximum absolute atomic E-state index is 10.3. The Morgan fingerprint density at radius 1 is 0.619 bits per heavy atom. The van der Waals surface area contributed by atoms with Gasteiger partial charge < -0.3 is 5.11 Å². The fourth-order valence-electron chi connectivity index (χ4n) is 2.65. The normalized spacial score (nSPS) is 10.3. The largest absolute Gasteiger partial charge is 0.481 e. The quantitative estimate of drug-likeness (QED) is 0.315. The van der Waals surface area contributed by atoms with E-state index >= 15 is 0 Å². The van der Waals surface area contributed by atoms with Crippen molar-refractivity contribution in [1.29, 1.82) is 0 Å². The fraction of sp³-hybridized carbons (Fsp3) is 0.944. The van der Waals surface area contributed by atoms with Gasteiger partial charge in [-0.1, -0.05) is 96.8 Å². The first kappa shape index (κ1) is 24.8. The average molecular weight is 417 g/mol. The predicted molar refractivity (Wildman–Crippen MR) is 92.9 cm³/mol. The van der Waals surface area contributed by atoms with Gasteiger partial charge in [0.05, 0.1) is 0 Å². The average Bonchev–Trinajstić information content (AvgIpc) is 2.43. The van der Waals surface area contributed by atoms with Gasteiger partial charge in [0.2, 0.25) is 0 Å². The Kier molecular flexibility index (Phi) is 25.4. The zero-order chi connectivity index (χ0) is 14.9. The molecule has 3 heteroatoms. The molecule has 0 fully saturated rings. The summed E-state index contributed by atoms with van der Waals surface area (Å²) in [5, 5.41) is 8.52. The second kappa shape index (κ2) is 21.5. The van der Waals surface area contributed by atoms with Gasteiger partial charge >= 0.3 is 5.97 Å². The summed E-state index contributed by atoms with van der Waals surface area (Å²) in [6, 6.07) is 0. The van der Waals surface area contributed by atoms with Crippen molar-refractivity contribution in [3.8, 4) is 0 Å². The van der Waals surface area contributed by atoms with E-state index in [9.17, 15) is 4.79 Å². The molecule has 121 valence electrons. The Morgan fingerprint density at radius 2 is 0.905 bits per heavy atom. The van der Waals surface area contributed by atoms with Crippen LogP contribution < -0.4 is 0 Å². The molecule has 21 heavy (non-hydrogen) atoms. The number of rotatable bonds is 16. The molecule has 0 aromatic rings. The van der Waals surface area contributed by atoms with E-state index in [4.69, 9.17) is 5.11 Å². The Labute approximate surface area is 191 Å². The van der Waals surface area contributed by atoms with Gasteiger partial charge in [0.25, 0.3) is 0 Å². The van der Waals surface area contributed by atoms with Crippen molar-refractivity contribution >= 4 is 74.9 Å². The van der Waals surface area contributed by atoms with E-state index in [1.54, 1.807) is 0 Å². The molecular formula is C18H36CsO2. The van der Waals surface area contributed by atoms with Crippen molar-refractivity contribution < 1.29 is 9.90 Å². The summed E-state index contributed by atoms with van der Waals surface area (Å²) < 4.78 is 0. The zero-order valence-electron chi connectivity index (χ0n) is 14.7. The maximum atomic E-state index is 10.3. The van der Waals surface area contributed by atoms with Crippen LogP contribution in [-0.4, -0.2) is 80.0 Å². The molecule has 0 heterocycles. The topological polar surface area (TPSA) is 37.3 Å². The summed E-state index contributed by atoms with van der Waals surface area (Å²) in [6.07, 6.45) is 20.2. The Bertz CT molecular complexity index is 207. The third-order valence-electron chi connectivity index (χ3n) is 3.99. The number of aliphatic carboxylic acids is 1. The van der Waals surface area contributed by atoms with Crippen molar-refractivity contribution in [2.75, 3.05) is 0 Å². The third-order valence-corrected chi connectivity index (χ3v) is 3.99. The van der Waals surface area contributed by atoms with Crippen LogP contribution in [0.15, 0.2) is 0 Å². The molecule has 2 nitrogen and oxygen atoms in total. The van der Waals surface area contributed by atoms with E-state index in [1.165, 1.54) is 83.5 Å². The molecule has 0 aliphatic heterocycles. The van der Waals surface area contributed by atoms with Gasteiger partial charge in [-0.25, -0.2) is 0 Å². The van der Waals surface area contributed by atoms with Crippen molar-refractivity contribution in [2.24, 2.45) is 0 Å². The van der Waals surface area contributed by atoms with E-state index in [0.717, 1.165) is 12.8 Å². The van der Waals surface area contributed by atoms with E-state index in [1.807, 2.05) is 0 Å². The summed E-state index contributed by atoms with van der Waals surface area (Å²) >= 11 is 0. The van der Waals surface area contributed by atoms with Crippen LogP contribution in [-0.2, 0) is 4.79 Å². The fourth-order valence-corrected chi connectivity index (χ4v) is 2.65. The molecule has 0 bridgehead atoms. The van der Waals surface area contributed by atoms with E-state index in [0.29, 0.717) is 6.42 Å². The first-order valence-corrected chi connectivity index (χ1v) is 8.99. The molecule has 0 rings (SSSR count). The molecule has 0 amide bonds. The van der Waals surface area contributed by atoms with Gasteiger partial charge in [0.1, 0.15) is 0 Å². The first-order valence-electron chi connectivity index (χ1n) is 8.99. The number of carbonyl (C=O) groups is 1. The molecule has 1 radical (unpaired) electrons. The van der Waals surface area contributed by atoms with Crippen molar-refractivity contribution in [3.05, 3.63) is 0 Å². The molecule has 0 aliphatic carbocycles. The van der Waals surface area contributed by atoms with Crippen LogP contribution >= 0.6 is 0 Å². The number of unbranched alkanes of at least 4 members (excludes halogenated alkanes) is 14. The van der Waals surface area contributed by atoms with Gasteiger partial charge in [-0.05, 0) is 6.42 Å². The minimum atomic E-state index is -0.653. The standard InChI is InChI=1S/C18H36O2.Cs/c1-2-3-4-5-6-7-8-9-10-11-12-13-14-15-16-17-18(19)20;/h2-17H2,1H3,(H,19,20);. The van der Waals surface area contributed by atoms with E-state index < -0.39 is 5.97 Å². The smallest absolute Gasteiger partial charge is 0.303 e. The van der Waals surface area contributed by atoms with Crippen molar-refractivity contribution in [2.45, 2.75) is 110 Å². The van der Waals surface area contributed by atoms with E-state index in [-0.39, 0.29) is 68.9 Å². The van der Waals surface area contributed by atoms with Crippen LogP contribution in [0.1, 0.15) is 110 Å². The van der Waals surface area contributed by atoms with Gasteiger partial charge in [-0.2, -0.15) is 0 Å². The summed E-state index contributed by atoms with van der Waals surface area (Å²) in [5.74, 6) is -0.653. The minimum absolute atomic E-state index is 0. The zero-order valence-corrected chi connectivity index (χ0v) is 20.9. The number of carboxylic acids is 1. The summed E-state index contributed by atoms with van der Waals surface area (Å²) in [4.78, 5) is 10.3. The van der Waals surface area contributed by atoms with Gasteiger partial charge in [0, 0.05) is 75.3 Å². The third kappa shape index (κ3) is 23.9. The molecule has 0 saturated heterocycles. The SMILES string of the molecule is CCCCCCCCCCCCCCCCCC(=O)O.[Cs]. The maximum Gasteiger partial charge on any atom is 0.303 e. The minimum Gasteiger partial charge on any atom is -0.481 e.